The van der Waals surface area contributed by atoms with Gasteiger partial charge in [-0.3, -0.25) is 10.1 Å². The van der Waals surface area contributed by atoms with Gasteiger partial charge >= 0.3 is 0 Å². The number of anilines is 1. The molecule has 0 atom stereocenters. The highest BCUT2D eigenvalue weighted by atomic mass is 16.6. The minimum atomic E-state index is -0.408. The van der Waals surface area contributed by atoms with E-state index in [0.717, 1.165) is 31.9 Å². The number of non-ortho nitro benzene ring substituents is 1. The first kappa shape index (κ1) is 14.3. The average Bonchev–Trinajstić information content (AvgIpc) is 2.45. The van der Waals surface area contributed by atoms with Gasteiger partial charge in [0.25, 0.3) is 5.69 Å². The number of hydrogen-bond acceptors (Lipinski definition) is 5. The monoisotopic (exact) mass is 277 g/mol. The predicted octanol–water partition coefficient (Wildman–Crippen LogP) is 1.91. The molecule has 0 radical (unpaired) electrons. The molecule has 1 aliphatic heterocycles. The van der Waals surface area contributed by atoms with E-state index in [1.54, 1.807) is 12.1 Å². The van der Waals surface area contributed by atoms with E-state index in [2.05, 4.69) is 23.4 Å². The van der Waals surface area contributed by atoms with E-state index in [-0.39, 0.29) is 5.69 Å². The van der Waals surface area contributed by atoms with Crippen molar-refractivity contribution in [1.29, 1.82) is 0 Å². The molecule has 1 saturated heterocycles. The maximum atomic E-state index is 10.9. The highest BCUT2D eigenvalue weighted by Gasteiger charge is 2.20. The molecule has 1 aromatic rings. The smallest absolute Gasteiger partial charge is 0.273 e. The molecule has 0 unspecified atom stereocenters. The van der Waals surface area contributed by atoms with Crippen molar-refractivity contribution in [2.45, 2.75) is 0 Å². The Morgan fingerprint density at radius 3 is 2.70 bits per heavy atom. The Morgan fingerprint density at radius 1 is 1.40 bits per heavy atom. The van der Waals surface area contributed by atoms with Crippen molar-refractivity contribution < 1.29 is 9.66 Å². The first-order chi connectivity index (χ1) is 9.61. The van der Waals surface area contributed by atoms with Crippen molar-refractivity contribution in [3.05, 3.63) is 41.0 Å². The zero-order chi connectivity index (χ0) is 14.5. The van der Waals surface area contributed by atoms with Crippen molar-refractivity contribution in [3.63, 3.8) is 0 Å². The minimum absolute atomic E-state index is 0.0435. The summed E-state index contributed by atoms with van der Waals surface area (Å²) in [5.74, 6) is 0.545. The number of nitro groups is 1. The molecule has 108 valence electrons. The molecule has 2 rings (SSSR count). The number of nitrogens with zero attached hydrogens (tertiary/aromatic N) is 3. The van der Waals surface area contributed by atoms with Crippen LogP contribution in [0.3, 0.4) is 0 Å². The van der Waals surface area contributed by atoms with Gasteiger partial charge in [0.05, 0.1) is 16.7 Å². The molecule has 6 heteroatoms. The third-order valence-corrected chi connectivity index (χ3v) is 3.35. The van der Waals surface area contributed by atoms with Gasteiger partial charge in [-0.1, -0.05) is 12.7 Å². The van der Waals surface area contributed by atoms with Crippen molar-refractivity contribution in [2.75, 3.05) is 44.7 Å². The van der Waals surface area contributed by atoms with E-state index in [1.165, 1.54) is 12.1 Å². The summed E-state index contributed by atoms with van der Waals surface area (Å²) in [5, 5.41) is 10.9. The topological polar surface area (TPSA) is 58.9 Å². The largest absolute Gasteiger partial charge is 0.487 e. The summed E-state index contributed by atoms with van der Waals surface area (Å²) in [7, 11) is 2.09. The molecule has 1 aliphatic rings. The molecule has 0 spiro atoms. The Kier molecular flexibility index (Phi) is 4.57. The number of piperazine rings is 1. The highest BCUT2D eigenvalue weighted by Crippen LogP contribution is 2.33. The summed E-state index contributed by atoms with van der Waals surface area (Å²) in [6.07, 6.45) is 1.63. The number of rotatable bonds is 5. The number of ether oxygens (including phenoxy) is 1. The first-order valence-electron chi connectivity index (χ1n) is 6.57. The lowest BCUT2D eigenvalue weighted by Crippen LogP contribution is -2.44. The normalized spacial score (nSPS) is 15.9. The van der Waals surface area contributed by atoms with Gasteiger partial charge in [0.15, 0.2) is 0 Å². The van der Waals surface area contributed by atoms with Crippen LogP contribution < -0.4 is 9.64 Å². The van der Waals surface area contributed by atoms with E-state index in [9.17, 15) is 10.1 Å². The SMILES string of the molecule is C=CCOc1cc([N+](=O)[O-])ccc1N1CCN(C)CC1. The standard InChI is InChI=1S/C14H19N3O3/c1-3-10-20-14-11-12(17(18)19)4-5-13(14)16-8-6-15(2)7-9-16/h3-5,11H,1,6-10H2,2H3. The summed E-state index contributed by atoms with van der Waals surface area (Å²) >= 11 is 0. The average molecular weight is 277 g/mol. The van der Waals surface area contributed by atoms with Gasteiger partial charge in [-0.2, -0.15) is 0 Å². The Bertz CT molecular complexity index is 496. The second kappa shape index (κ2) is 6.38. The molecule has 0 N–H and O–H groups in total. The van der Waals surface area contributed by atoms with Gasteiger partial charge in [0, 0.05) is 32.2 Å². The second-order valence-electron chi connectivity index (χ2n) is 4.80. The maximum absolute atomic E-state index is 10.9. The lowest BCUT2D eigenvalue weighted by Gasteiger charge is -2.34. The molecule has 20 heavy (non-hydrogen) atoms. The van der Waals surface area contributed by atoms with E-state index in [1.807, 2.05) is 0 Å². The summed E-state index contributed by atoms with van der Waals surface area (Å²) in [5.41, 5.74) is 0.951. The molecule has 0 saturated carbocycles. The Morgan fingerprint density at radius 2 is 2.10 bits per heavy atom. The Balaban J connectivity index is 2.25. The number of benzene rings is 1. The molecular weight excluding hydrogens is 258 g/mol. The first-order valence-corrected chi connectivity index (χ1v) is 6.57. The van der Waals surface area contributed by atoms with E-state index in [0.29, 0.717) is 12.4 Å². The van der Waals surface area contributed by atoms with Gasteiger partial charge < -0.3 is 14.5 Å². The molecule has 0 amide bonds. The molecular formula is C14H19N3O3. The van der Waals surface area contributed by atoms with Crippen molar-refractivity contribution >= 4 is 11.4 Å². The number of likely N-dealkylation sites (N-methyl/N-ethyl adjacent to an activating group) is 1. The van der Waals surface area contributed by atoms with Crippen LogP contribution in [-0.4, -0.2) is 49.7 Å². The lowest BCUT2D eigenvalue weighted by atomic mass is 10.2. The van der Waals surface area contributed by atoms with Gasteiger partial charge in [-0.25, -0.2) is 0 Å². The minimum Gasteiger partial charge on any atom is -0.487 e. The molecule has 0 bridgehead atoms. The summed E-state index contributed by atoms with van der Waals surface area (Å²) in [6, 6.07) is 4.77. The van der Waals surface area contributed by atoms with Gasteiger partial charge in [-0.15, -0.1) is 0 Å². The number of hydrogen-bond donors (Lipinski definition) is 0. The summed E-state index contributed by atoms with van der Waals surface area (Å²) < 4.78 is 5.58. The van der Waals surface area contributed by atoms with Crippen LogP contribution in [-0.2, 0) is 0 Å². The van der Waals surface area contributed by atoms with Crippen LogP contribution in [0.2, 0.25) is 0 Å². The fraction of sp³-hybridized carbons (Fsp3) is 0.429. The molecule has 0 aromatic heterocycles. The quantitative estimate of drug-likeness (QED) is 0.467. The Hall–Kier alpha value is -2.08. The molecule has 1 fully saturated rings. The van der Waals surface area contributed by atoms with Crippen molar-refractivity contribution in [1.82, 2.24) is 4.90 Å². The molecule has 1 aromatic carbocycles. The van der Waals surface area contributed by atoms with Crippen molar-refractivity contribution in [3.8, 4) is 5.75 Å². The van der Waals surface area contributed by atoms with Crippen LogP contribution in [0.5, 0.6) is 5.75 Å². The van der Waals surface area contributed by atoms with Crippen LogP contribution in [0.15, 0.2) is 30.9 Å². The highest BCUT2D eigenvalue weighted by molar-refractivity contribution is 5.62. The maximum Gasteiger partial charge on any atom is 0.273 e. The van der Waals surface area contributed by atoms with Crippen LogP contribution >= 0.6 is 0 Å². The fourth-order valence-electron chi connectivity index (χ4n) is 2.19. The van der Waals surface area contributed by atoms with Crippen LogP contribution in [0, 0.1) is 10.1 Å². The fourth-order valence-corrected chi connectivity index (χ4v) is 2.19. The predicted molar refractivity (Wildman–Crippen MR) is 78.5 cm³/mol. The zero-order valence-electron chi connectivity index (χ0n) is 11.6. The van der Waals surface area contributed by atoms with Gasteiger partial charge in [-0.05, 0) is 13.1 Å². The van der Waals surface area contributed by atoms with Crippen LogP contribution in [0.4, 0.5) is 11.4 Å². The van der Waals surface area contributed by atoms with Crippen LogP contribution in [0.1, 0.15) is 0 Å². The van der Waals surface area contributed by atoms with E-state index in [4.69, 9.17) is 4.74 Å². The van der Waals surface area contributed by atoms with Crippen molar-refractivity contribution in [2.24, 2.45) is 0 Å². The third kappa shape index (κ3) is 3.27. The Labute approximate surface area is 118 Å². The number of nitro benzene ring substituents is 1. The van der Waals surface area contributed by atoms with E-state index >= 15 is 0 Å². The molecule has 0 aliphatic carbocycles. The van der Waals surface area contributed by atoms with E-state index < -0.39 is 4.92 Å². The van der Waals surface area contributed by atoms with Gasteiger partial charge in [0.2, 0.25) is 0 Å². The summed E-state index contributed by atoms with van der Waals surface area (Å²) in [4.78, 5) is 14.9. The third-order valence-electron chi connectivity index (χ3n) is 3.35. The zero-order valence-corrected chi connectivity index (χ0v) is 11.6. The lowest BCUT2D eigenvalue weighted by molar-refractivity contribution is -0.384. The second-order valence-corrected chi connectivity index (χ2v) is 4.80. The molecule has 6 nitrogen and oxygen atoms in total. The summed E-state index contributed by atoms with van der Waals surface area (Å²) in [6.45, 7) is 7.66. The van der Waals surface area contributed by atoms with Gasteiger partial charge in [0.1, 0.15) is 12.4 Å². The molecule has 1 heterocycles. The van der Waals surface area contributed by atoms with Crippen LogP contribution in [0.25, 0.3) is 0 Å².